The Morgan fingerprint density at radius 1 is 1.07 bits per heavy atom. The normalized spacial score (nSPS) is 14.3. The number of anilines is 2. The molecular formula is C20H24N4O3. The van der Waals surface area contributed by atoms with Gasteiger partial charge in [-0.2, -0.15) is 0 Å². The number of carbonyl (C=O) groups is 2. The number of amides is 1. The highest BCUT2D eigenvalue weighted by Crippen LogP contribution is 2.16. The molecule has 0 spiro atoms. The van der Waals surface area contributed by atoms with Crippen molar-refractivity contribution in [2.45, 2.75) is 32.6 Å². The van der Waals surface area contributed by atoms with Crippen LogP contribution in [0.15, 0.2) is 36.5 Å². The molecule has 7 nitrogen and oxygen atoms in total. The van der Waals surface area contributed by atoms with E-state index in [4.69, 9.17) is 4.74 Å². The summed E-state index contributed by atoms with van der Waals surface area (Å²) in [4.78, 5) is 35.1. The highest BCUT2D eigenvalue weighted by atomic mass is 16.5. The van der Waals surface area contributed by atoms with Gasteiger partial charge in [0.15, 0.2) is 0 Å². The van der Waals surface area contributed by atoms with Crippen molar-refractivity contribution in [3.63, 3.8) is 0 Å². The van der Waals surface area contributed by atoms with E-state index in [0.717, 1.165) is 25.9 Å². The summed E-state index contributed by atoms with van der Waals surface area (Å²) in [5.41, 5.74) is 1.35. The first-order valence-electron chi connectivity index (χ1n) is 9.34. The van der Waals surface area contributed by atoms with Crippen molar-refractivity contribution in [1.29, 1.82) is 0 Å². The molecule has 7 heteroatoms. The van der Waals surface area contributed by atoms with Gasteiger partial charge in [-0.05, 0) is 50.1 Å². The van der Waals surface area contributed by atoms with Crippen molar-refractivity contribution in [3.8, 4) is 0 Å². The number of esters is 1. The minimum atomic E-state index is -0.381. The lowest BCUT2D eigenvalue weighted by molar-refractivity contribution is 0.0526. The molecule has 1 aliphatic heterocycles. The van der Waals surface area contributed by atoms with Gasteiger partial charge < -0.3 is 15.0 Å². The van der Waals surface area contributed by atoms with Gasteiger partial charge in [0, 0.05) is 25.0 Å². The predicted molar refractivity (Wildman–Crippen MR) is 103 cm³/mol. The molecule has 1 aromatic carbocycles. The van der Waals surface area contributed by atoms with Crippen molar-refractivity contribution in [2.24, 2.45) is 0 Å². The summed E-state index contributed by atoms with van der Waals surface area (Å²) < 4.78 is 4.95. The maximum atomic E-state index is 12.5. The fraction of sp³-hybridized carbons (Fsp3) is 0.400. The van der Waals surface area contributed by atoms with E-state index in [9.17, 15) is 9.59 Å². The van der Waals surface area contributed by atoms with Crippen LogP contribution in [0.5, 0.6) is 0 Å². The van der Waals surface area contributed by atoms with Crippen molar-refractivity contribution < 1.29 is 14.3 Å². The predicted octanol–water partition coefficient (Wildman–Crippen LogP) is 3.29. The van der Waals surface area contributed by atoms with E-state index < -0.39 is 0 Å². The number of nitrogens with one attached hydrogen (secondary N) is 1. The zero-order valence-electron chi connectivity index (χ0n) is 15.5. The van der Waals surface area contributed by atoms with Gasteiger partial charge in [-0.15, -0.1) is 0 Å². The van der Waals surface area contributed by atoms with Crippen LogP contribution in [0.4, 0.5) is 11.6 Å². The van der Waals surface area contributed by atoms with Crippen molar-refractivity contribution in [3.05, 3.63) is 47.8 Å². The molecule has 1 aliphatic rings. The summed E-state index contributed by atoms with van der Waals surface area (Å²) in [7, 11) is 0. The van der Waals surface area contributed by atoms with Crippen LogP contribution in [0.2, 0.25) is 0 Å². The number of ether oxygens (including phenoxy) is 1. The molecule has 3 rings (SSSR count). The van der Waals surface area contributed by atoms with E-state index in [0.29, 0.717) is 29.5 Å². The summed E-state index contributed by atoms with van der Waals surface area (Å²) in [5.74, 6) is -0.0900. The molecule has 1 N–H and O–H groups in total. The molecule has 1 saturated heterocycles. The molecule has 0 unspecified atom stereocenters. The lowest BCUT2D eigenvalue weighted by Crippen LogP contribution is -2.27. The molecular weight excluding hydrogens is 344 g/mol. The van der Waals surface area contributed by atoms with Gasteiger partial charge in [0.1, 0.15) is 5.69 Å². The molecule has 0 bridgehead atoms. The summed E-state index contributed by atoms with van der Waals surface area (Å²) in [6.45, 7) is 3.92. The molecule has 1 aromatic heterocycles. The highest BCUT2D eigenvalue weighted by molar-refractivity contribution is 6.03. The molecule has 2 aromatic rings. The standard InChI is InChI=1S/C20H24N4O3/c1-2-27-19(26)15-7-9-16(10-8-15)22-18(25)17-11-12-21-20(23-17)24-13-5-3-4-6-14-24/h7-12H,2-6,13-14H2,1H3,(H,22,25). The van der Waals surface area contributed by atoms with Crippen molar-refractivity contribution in [1.82, 2.24) is 9.97 Å². The van der Waals surface area contributed by atoms with Crippen molar-refractivity contribution >= 4 is 23.5 Å². The Kier molecular flexibility index (Phi) is 6.35. The summed E-state index contributed by atoms with van der Waals surface area (Å²) in [6.07, 6.45) is 6.29. The van der Waals surface area contributed by atoms with Gasteiger partial charge in [-0.1, -0.05) is 12.8 Å². The third-order valence-electron chi connectivity index (χ3n) is 4.42. The quantitative estimate of drug-likeness (QED) is 0.815. The first-order valence-corrected chi connectivity index (χ1v) is 9.34. The number of hydrogen-bond acceptors (Lipinski definition) is 6. The molecule has 1 amide bonds. The van der Waals surface area contributed by atoms with Gasteiger partial charge in [-0.25, -0.2) is 14.8 Å². The largest absolute Gasteiger partial charge is 0.462 e. The van der Waals surface area contributed by atoms with E-state index in [1.807, 2.05) is 0 Å². The lowest BCUT2D eigenvalue weighted by atomic mass is 10.2. The first kappa shape index (κ1) is 18.8. The highest BCUT2D eigenvalue weighted by Gasteiger charge is 2.15. The second kappa shape index (κ2) is 9.12. The van der Waals surface area contributed by atoms with Crippen LogP contribution in [0, 0.1) is 0 Å². The van der Waals surface area contributed by atoms with Gasteiger partial charge in [0.2, 0.25) is 5.95 Å². The van der Waals surface area contributed by atoms with Gasteiger partial charge in [0.25, 0.3) is 5.91 Å². The van der Waals surface area contributed by atoms with E-state index in [1.165, 1.54) is 12.8 Å². The number of benzene rings is 1. The molecule has 0 radical (unpaired) electrons. The van der Waals surface area contributed by atoms with E-state index >= 15 is 0 Å². The number of aromatic nitrogens is 2. The van der Waals surface area contributed by atoms with E-state index in [1.54, 1.807) is 43.5 Å². The Morgan fingerprint density at radius 3 is 2.44 bits per heavy atom. The Morgan fingerprint density at radius 2 is 1.78 bits per heavy atom. The third kappa shape index (κ3) is 5.03. The molecule has 0 saturated carbocycles. The number of rotatable bonds is 5. The topological polar surface area (TPSA) is 84.4 Å². The molecule has 0 aliphatic carbocycles. The van der Waals surface area contributed by atoms with E-state index in [2.05, 4.69) is 20.2 Å². The van der Waals surface area contributed by atoms with Crippen LogP contribution in [0.1, 0.15) is 53.5 Å². The molecule has 27 heavy (non-hydrogen) atoms. The smallest absolute Gasteiger partial charge is 0.338 e. The molecule has 2 heterocycles. The number of carbonyl (C=O) groups excluding carboxylic acids is 2. The average molecular weight is 368 g/mol. The second-order valence-electron chi connectivity index (χ2n) is 6.40. The van der Waals surface area contributed by atoms with Crippen LogP contribution in [0.25, 0.3) is 0 Å². The molecule has 142 valence electrons. The average Bonchev–Trinajstić information content (AvgIpc) is 2.98. The van der Waals surface area contributed by atoms with Crippen LogP contribution >= 0.6 is 0 Å². The Bertz CT molecular complexity index is 784. The van der Waals surface area contributed by atoms with E-state index in [-0.39, 0.29) is 11.9 Å². The van der Waals surface area contributed by atoms with Crippen LogP contribution < -0.4 is 10.2 Å². The zero-order chi connectivity index (χ0) is 19.1. The van der Waals surface area contributed by atoms with Gasteiger partial charge in [0.05, 0.1) is 12.2 Å². The molecule has 1 fully saturated rings. The van der Waals surface area contributed by atoms with Crippen LogP contribution in [-0.4, -0.2) is 41.5 Å². The zero-order valence-corrected chi connectivity index (χ0v) is 15.5. The molecule has 0 atom stereocenters. The Labute approximate surface area is 158 Å². The first-order chi connectivity index (χ1) is 13.2. The second-order valence-corrected chi connectivity index (χ2v) is 6.40. The number of hydrogen-bond donors (Lipinski definition) is 1. The SMILES string of the molecule is CCOC(=O)c1ccc(NC(=O)c2ccnc(N3CCCCCC3)n2)cc1. The van der Waals surface area contributed by atoms with Gasteiger partial charge >= 0.3 is 5.97 Å². The van der Waals surface area contributed by atoms with Crippen molar-refractivity contribution in [2.75, 3.05) is 29.9 Å². The van der Waals surface area contributed by atoms with Crippen LogP contribution in [0.3, 0.4) is 0 Å². The monoisotopic (exact) mass is 368 g/mol. The fourth-order valence-electron chi connectivity index (χ4n) is 3.00. The summed E-state index contributed by atoms with van der Waals surface area (Å²) in [6, 6.07) is 8.18. The summed E-state index contributed by atoms with van der Waals surface area (Å²) in [5, 5.41) is 2.80. The van der Waals surface area contributed by atoms with Crippen LogP contribution in [-0.2, 0) is 4.74 Å². The van der Waals surface area contributed by atoms with Gasteiger partial charge in [-0.3, -0.25) is 4.79 Å². The minimum Gasteiger partial charge on any atom is -0.462 e. The Balaban J connectivity index is 1.67. The lowest BCUT2D eigenvalue weighted by Gasteiger charge is -2.20. The maximum Gasteiger partial charge on any atom is 0.338 e. The minimum absolute atomic E-state index is 0.308. The summed E-state index contributed by atoms with van der Waals surface area (Å²) >= 11 is 0. The Hall–Kier alpha value is -2.96. The fourth-order valence-corrected chi connectivity index (χ4v) is 3.00. The number of nitrogens with zero attached hydrogens (tertiary/aromatic N) is 3. The third-order valence-corrected chi connectivity index (χ3v) is 4.42. The maximum absolute atomic E-state index is 12.5.